The molecular formula is C26H30N4S. The number of rotatable bonds is 6. The molecule has 2 aliphatic rings. The molecule has 1 saturated heterocycles. The Labute approximate surface area is 189 Å². The van der Waals surface area contributed by atoms with E-state index in [0.29, 0.717) is 0 Å². The number of aromatic nitrogens is 1. The van der Waals surface area contributed by atoms with Crippen LogP contribution in [0.15, 0.2) is 60.8 Å². The molecule has 0 amide bonds. The second-order valence-corrected chi connectivity index (χ2v) is 9.01. The van der Waals surface area contributed by atoms with Crippen LogP contribution in [0.1, 0.15) is 36.0 Å². The molecule has 3 heterocycles. The maximum Gasteiger partial charge on any atom is 0.120 e. The third kappa shape index (κ3) is 4.74. The van der Waals surface area contributed by atoms with E-state index in [4.69, 9.17) is 12.2 Å². The Morgan fingerprint density at radius 1 is 1.03 bits per heavy atom. The number of aromatic amines is 1. The molecule has 1 aromatic heterocycles. The Morgan fingerprint density at radius 2 is 1.87 bits per heavy atom. The minimum Gasteiger partial charge on any atom is -0.361 e. The van der Waals surface area contributed by atoms with Gasteiger partial charge in [-0.2, -0.15) is 0 Å². The third-order valence-corrected chi connectivity index (χ3v) is 6.87. The van der Waals surface area contributed by atoms with Crippen molar-refractivity contribution in [2.24, 2.45) is 0 Å². The minimum absolute atomic E-state index is 0.786. The number of benzene rings is 2. The van der Waals surface area contributed by atoms with Gasteiger partial charge in [0.25, 0.3) is 0 Å². The zero-order chi connectivity index (χ0) is 21.0. The predicted molar refractivity (Wildman–Crippen MR) is 133 cm³/mol. The van der Waals surface area contributed by atoms with Gasteiger partial charge in [-0.1, -0.05) is 54.7 Å². The number of fused-ring (bicyclic) bond motifs is 1. The Balaban J connectivity index is 1.25. The van der Waals surface area contributed by atoms with Crippen LogP contribution in [0.25, 0.3) is 16.5 Å². The van der Waals surface area contributed by atoms with Gasteiger partial charge in [-0.25, -0.2) is 5.01 Å². The van der Waals surface area contributed by atoms with Gasteiger partial charge in [0.1, 0.15) is 4.99 Å². The van der Waals surface area contributed by atoms with Crippen molar-refractivity contribution in [1.29, 1.82) is 0 Å². The first kappa shape index (κ1) is 20.4. The van der Waals surface area contributed by atoms with E-state index in [0.717, 1.165) is 36.5 Å². The van der Waals surface area contributed by atoms with Gasteiger partial charge < -0.3 is 15.3 Å². The first-order chi connectivity index (χ1) is 15.3. The summed E-state index contributed by atoms with van der Waals surface area (Å²) in [6.07, 6.45) is 9.39. The molecule has 1 fully saturated rings. The summed E-state index contributed by atoms with van der Waals surface area (Å²) in [5.41, 5.74) is 9.92. The molecule has 0 atom stereocenters. The van der Waals surface area contributed by atoms with E-state index in [1.807, 2.05) is 30.3 Å². The number of hydrogen-bond donors (Lipinski definition) is 2. The molecule has 0 saturated carbocycles. The average molecular weight is 431 g/mol. The number of H-pyrrole nitrogens is 1. The predicted octanol–water partition coefficient (Wildman–Crippen LogP) is 4.78. The normalized spacial score (nSPS) is 17.7. The number of thiocarbonyl (C=S) groups is 1. The molecule has 5 rings (SSSR count). The van der Waals surface area contributed by atoms with Crippen molar-refractivity contribution >= 4 is 33.7 Å². The molecule has 31 heavy (non-hydrogen) atoms. The van der Waals surface area contributed by atoms with Crippen LogP contribution in [0.4, 0.5) is 0 Å². The Morgan fingerprint density at radius 3 is 2.65 bits per heavy atom. The van der Waals surface area contributed by atoms with Crippen molar-refractivity contribution in [2.45, 2.75) is 25.7 Å². The molecule has 0 spiro atoms. The summed E-state index contributed by atoms with van der Waals surface area (Å²) in [6.45, 7) is 5.50. The lowest BCUT2D eigenvalue weighted by atomic mass is 9.97. The lowest BCUT2D eigenvalue weighted by Gasteiger charge is -2.28. The molecule has 0 bridgehead atoms. The van der Waals surface area contributed by atoms with Crippen LogP contribution in [0.3, 0.4) is 0 Å². The molecule has 3 aromatic rings. The molecule has 0 aliphatic carbocycles. The molecule has 5 heteroatoms. The number of likely N-dealkylation sites (tertiary alicyclic amines) is 1. The summed E-state index contributed by atoms with van der Waals surface area (Å²) in [6, 6.07) is 17.0. The van der Waals surface area contributed by atoms with Crippen LogP contribution < -0.4 is 5.43 Å². The lowest BCUT2D eigenvalue weighted by Crippen LogP contribution is -2.43. The molecule has 2 aromatic carbocycles. The molecule has 2 aliphatic heterocycles. The number of hydrogen-bond acceptors (Lipinski definition) is 3. The van der Waals surface area contributed by atoms with Crippen molar-refractivity contribution in [3.05, 3.63) is 77.5 Å². The van der Waals surface area contributed by atoms with Gasteiger partial charge in [0.2, 0.25) is 0 Å². The smallest absolute Gasteiger partial charge is 0.120 e. The van der Waals surface area contributed by atoms with Gasteiger partial charge in [0.15, 0.2) is 0 Å². The Kier molecular flexibility index (Phi) is 6.16. The first-order valence-electron chi connectivity index (χ1n) is 11.4. The first-order valence-corrected chi connectivity index (χ1v) is 11.8. The van der Waals surface area contributed by atoms with Gasteiger partial charge in [0, 0.05) is 42.3 Å². The fraction of sp³-hybridized carbons (Fsp3) is 0.346. The van der Waals surface area contributed by atoms with E-state index >= 15 is 0 Å². The zero-order valence-electron chi connectivity index (χ0n) is 17.9. The molecule has 2 N–H and O–H groups in total. The maximum atomic E-state index is 5.57. The lowest BCUT2D eigenvalue weighted by molar-refractivity contribution is 0.263. The van der Waals surface area contributed by atoms with Gasteiger partial charge in [0.05, 0.1) is 0 Å². The minimum atomic E-state index is 0.786. The van der Waals surface area contributed by atoms with Crippen molar-refractivity contribution in [3.63, 3.8) is 0 Å². The van der Waals surface area contributed by atoms with Crippen LogP contribution in [0.2, 0.25) is 0 Å². The van der Waals surface area contributed by atoms with Gasteiger partial charge in [-0.3, -0.25) is 0 Å². The molecule has 0 radical (unpaired) electrons. The zero-order valence-corrected chi connectivity index (χ0v) is 18.8. The molecule has 160 valence electrons. The van der Waals surface area contributed by atoms with Crippen LogP contribution in [-0.4, -0.2) is 52.6 Å². The fourth-order valence-electron chi connectivity index (χ4n) is 4.70. The SMILES string of the molecule is S=C(NN1CC=C(c2ccc3[nH]cc(CCN4CCCC4)c3c2)CC1)c1ccccc1. The third-order valence-electron chi connectivity index (χ3n) is 6.54. The van der Waals surface area contributed by atoms with Gasteiger partial charge >= 0.3 is 0 Å². The molecular weight excluding hydrogens is 400 g/mol. The summed E-state index contributed by atoms with van der Waals surface area (Å²) < 4.78 is 0. The highest BCUT2D eigenvalue weighted by molar-refractivity contribution is 7.80. The van der Waals surface area contributed by atoms with Crippen molar-refractivity contribution in [3.8, 4) is 0 Å². The second kappa shape index (κ2) is 9.35. The van der Waals surface area contributed by atoms with Crippen LogP contribution in [0, 0.1) is 0 Å². The van der Waals surface area contributed by atoms with Crippen molar-refractivity contribution in [1.82, 2.24) is 20.3 Å². The Bertz CT molecular complexity index is 1080. The van der Waals surface area contributed by atoms with E-state index in [-0.39, 0.29) is 0 Å². The van der Waals surface area contributed by atoms with Crippen LogP contribution in [0.5, 0.6) is 0 Å². The van der Waals surface area contributed by atoms with Crippen molar-refractivity contribution < 1.29 is 0 Å². The standard InChI is InChI=1S/C26H30N4S/c31-26(21-6-2-1-3-7-21)28-30-16-11-20(12-17-30)22-8-9-25-24(18-22)23(19-27-25)10-15-29-13-4-5-14-29/h1-3,6-9,11,18-19,27H,4-5,10,12-17H2,(H,28,31). The average Bonchev–Trinajstić information content (AvgIpc) is 3.48. The van der Waals surface area contributed by atoms with E-state index < -0.39 is 0 Å². The molecule has 0 unspecified atom stereocenters. The number of hydrazine groups is 1. The van der Waals surface area contributed by atoms with Crippen molar-refractivity contribution in [2.75, 3.05) is 32.7 Å². The highest BCUT2D eigenvalue weighted by Crippen LogP contribution is 2.27. The highest BCUT2D eigenvalue weighted by atomic mass is 32.1. The van der Waals surface area contributed by atoms with E-state index in [9.17, 15) is 0 Å². The summed E-state index contributed by atoms with van der Waals surface area (Å²) in [7, 11) is 0. The summed E-state index contributed by atoms with van der Waals surface area (Å²) in [5.74, 6) is 0. The summed E-state index contributed by atoms with van der Waals surface area (Å²) in [4.78, 5) is 6.84. The van der Waals surface area contributed by atoms with E-state index in [2.05, 4.69) is 50.8 Å². The highest BCUT2D eigenvalue weighted by Gasteiger charge is 2.16. The summed E-state index contributed by atoms with van der Waals surface area (Å²) >= 11 is 5.57. The Hall–Kier alpha value is -2.47. The van der Waals surface area contributed by atoms with E-state index in [1.165, 1.54) is 60.1 Å². The summed E-state index contributed by atoms with van der Waals surface area (Å²) in [5, 5.41) is 3.58. The maximum absolute atomic E-state index is 5.57. The quantitative estimate of drug-likeness (QED) is 0.552. The molecule has 4 nitrogen and oxygen atoms in total. The fourth-order valence-corrected chi connectivity index (χ4v) is 4.97. The topological polar surface area (TPSA) is 34.3 Å². The van der Waals surface area contributed by atoms with Gasteiger partial charge in [-0.05, 0) is 67.6 Å². The number of nitrogens with one attached hydrogen (secondary N) is 2. The second-order valence-electron chi connectivity index (χ2n) is 8.61. The largest absolute Gasteiger partial charge is 0.361 e. The number of nitrogens with zero attached hydrogens (tertiary/aromatic N) is 2. The van der Waals surface area contributed by atoms with Crippen LogP contribution >= 0.6 is 12.2 Å². The van der Waals surface area contributed by atoms with Crippen LogP contribution in [-0.2, 0) is 6.42 Å². The van der Waals surface area contributed by atoms with Gasteiger partial charge in [-0.15, -0.1) is 0 Å². The monoisotopic (exact) mass is 430 g/mol. The van der Waals surface area contributed by atoms with E-state index in [1.54, 1.807) is 0 Å².